The molecule has 0 aliphatic heterocycles. The number of hydrogen-bond acceptors (Lipinski definition) is 3. The molecule has 0 bridgehead atoms. The van der Waals surface area contributed by atoms with Crippen molar-refractivity contribution in [2.75, 3.05) is 20.8 Å². The van der Waals surface area contributed by atoms with E-state index >= 15 is 0 Å². The minimum atomic E-state index is 0.235. The minimum Gasteiger partial charge on any atom is -0.496 e. The predicted molar refractivity (Wildman–Crippen MR) is 70.5 cm³/mol. The average molecular weight is 301 g/mol. The maximum Gasteiger partial charge on any atom is 0.137 e. The zero-order valence-electron chi connectivity index (χ0n) is 10.2. The fourth-order valence-corrected chi connectivity index (χ4v) is 2.14. The Bertz CT molecular complexity index is 377. The Morgan fingerprint density at radius 2 is 2.12 bits per heavy atom. The first-order valence-corrected chi connectivity index (χ1v) is 6.29. The second-order valence-electron chi connectivity index (χ2n) is 3.78. The van der Waals surface area contributed by atoms with Gasteiger partial charge in [-0.25, -0.2) is 0 Å². The van der Waals surface area contributed by atoms with Crippen molar-refractivity contribution in [2.45, 2.75) is 19.3 Å². The van der Waals surface area contributed by atoms with Crippen LogP contribution in [-0.2, 0) is 16.0 Å². The lowest BCUT2D eigenvalue weighted by molar-refractivity contribution is -0.118. The number of carbonyl (C=O) groups is 1. The molecule has 1 aromatic rings. The highest BCUT2D eigenvalue weighted by Gasteiger charge is 2.06. The van der Waals surface area contributed by atoms with Gasteiger partial charge >= 0.3 is 0 Å². The fourth-order valence-electron chi connectivity index (χ4n) is 1.55. The Labute approximate surface area is 110 Å². The largest absolute Gasteiger partial charge is 0.496 e. The first-order chi connectivity index (χ1) is 8.17. The molecule has 0 heterocycles. The van der Waals surface area contributed by atoms with E-state index in [1.54, 1.807) is 14.2 Å². The van der Waals surface area contributed by atoms with Gasteiger partial charge in [0.25, 0.3) is 0 Å². The van der Waals surface area contributed by atoms with Crippen molar-refractivity contribution in [3.63, 3.8) is 0 Å². The van der Waals surface area contributed by atoms with Gasteiger partial charge < -0.3 is 9.47 Å². The van der Waals surface area contributed by atoms with E-state index in [-0.39, 0.29) is 5.78 Å². The van der Waals surface area contributed by atoms with Gasteiger partial charge in [0.15, 0.2) is 0 Å². The number of rotatable bonds is 7. The van der Waals surface area contributed by atoms with E-state index in [1.165, 1.54) is 0 Å². The molecule has 0 radical (unpaired) electrons. The van der Waals surface area contributed by atoms with Crippen molar-refractivity contribution >= 4 is 21.7 Å². The number of carbonyl (C=O) groups excluding carboxylic acids is 1. The van der Waals surface area contributed by atoms with Gasteiger partial charge in [0, 0.05) is 26.6 Å². The van der Waals surface area contributed by atoms with Gasteiger partial charge in [-0.2, -0.15) is 0 Å². The molecule has 0 aliphatic carbocycles. The van der Waals surface area contributed by atoms with Crippen LogP contribution in [-0.4, -0.2) is 26.6 Å². The minimum absolute atomic E-state index is 0.235. The highest BCUT2D eigenvalue weighted by molar-refractivity contribution is 9.10. The van der Waals surface area contributed by atoms with E-state index in [9.17, 15) is 4.79 Å². The molecule has 0 amide bonds. The smallest absolute Gasteiger partial charge is 0.137 e. The Balaban J connectivity index is 2.51. The van der Waals surface area contributed by atoms with Crippen LogP contribution in [0.4, 0.5) is 0 Å². The molecule has 0 aromatic heterocycles. The van der Waals surface area contributed by atoms with E-state index in [0.29, 0.717) is 19.4 Å². The van der Waals surface area contributed by atoms with Crippen LogP contribution in [0.25, 0.3) is 0 Å². The number of ketones is 1. The molecular formula is C13H17BrO3. The van der Waals surface area contributed by atoms with E-state index < -0.39 is 0 Å². The highest BCUT2D eigenvalue weighted by Crippen LogP contribution is 2.25. The van der Waals surface area contributed by atoms with Crippen LogP contribution in [0.5, 0.6) is 5.75 Å². The molecule has 0 saturated carbocycles. The van der Waals surface area contributed by atoms with Crippen LogP contribution >= 0.6 is 15.9 Å². The summed E-state index contributed by atoms with van der Waals surface area (Å²) >= 11 is 3.40. The van der Waals surface area contributed by atoms with Gasteiger partial charge in [-0.05, 0) is 40.0 Å². The molecule has 1 rings (SSSR count). The van der Waals surface area contributed by atoms with E-state index in [1.807, 2.05) is 18.2 Å². The predicted octanol–water partition coefficient (Wildman–Crippen LogP) is 3.00. The van der Waals surface area contributed by atoms with Gasteiger partial charge in [-0.1, -0.05) is 6.07 Å². The summed E-state index contributed by atoms with van der Waals surface area (Å²) in [6.45, 7) is 0.637. The summed E-state index contributed by atoms with van der Waals surface area (Å²) in [7, 11) is 3.26. The molecule has 94 valence electrons. The number of ether oxygens (including phenoxy) is 2. The monoisotopic (exact) mass is 300 g/mol. The first kappa shape index (κ1) is 14.2. The van der Waals surface area contributed by atoms with Crippen LogP contribution in [0.2, 0.25) is 0 Å². The number of hydrogen-bond donors (Lipinski definition) is 0. The third-order valence-electron chi connectivity index (χ3n) is 2.42. The molecule has 17 heavy (non-hydrogen) atoms. The molecule has 3 nitrogen and oxygen atoms in total. The second-order valence-corrected chi connectivity index (χ2v) is 4.64. The lowest BCUT2D eigenvalue weighted by Crippen LogP contribution is -2.04. The molecule has 1 aromatic carbocycles. The lowest BCUT2D eigenvalue weighted by atomic mass is 10.1. The van der Waals surface area contributed by atoms with Crippen molar-refractivity contribution < 1.29 is 14.3 Å². The maximum absolute atomic E-state index is 11.7. The SMILES string of the molecule is COCCCC(=O)Cc1ccc(OC)c(Br)c1. The second kappa shape index (κ2) is 7.45. The molecule has 0 aliphatic rings. The summed E-state index contributed by atoms with van der Waals surface area (Å²) in [5.74, 6) is 1.01. The molecule has 0 fully saturated rings. The third-order valence-corrected chi connectivity index (χ3v) is 3.04. The van der Waals surface area contributed by atoms with Gasteiger partial charge in [0.05, 0.1) is 11.6 Å². The number of methoxy groups -OCH3 is 2. The Morgan fingerprint density at radius 1 is 1.35 bits per heavy atom. The summed E-state index contributed by atoms with van der Waals surface area (Å²) < 4.78 is 10.9. The molecule has 0 N–H and O–H groups in total. The van der Waals surface area contributed by atoms with Crippen molar-refractivity contribution in [1.82, 2.24) is 0 Å². The number of benzene rings is 1. The topological polar surface area (TPSA) is 35.5 Å². The Hall–Kier alpha value is -0.870. The molecule has 4 heteroatoms. The molecule has 0 atom stereocenters. The Morgan fingerprint density at radius 3 is 2.71 bits per heavy atom. The van der Waals surface area contributed by atoms with E-state index in [2.05, 4.69) is 15.9 Å². The van der Waals surface area contributed by atoms with Crippen molar-refractivity contribution in [2.24, 2.45) is 0 Å². The zero-order chi connectivity index (χ0) is 12.7. The standard InChI is InChI=1S/C13H17BrO3/c1-16-7-3-4-11(15)8-10-5-6-13(17-2)12(14)9-10/h5-6,9H,3-4,7-8H2,1-2H3. The Kier molecular flexibility index (Phi) is 6.22. The molecule has 0 unspecified atom stereocenters. The summed E-state index contributed by atoms with van der Waals surface area (Å²) in [5.41, 5.74) is 1.00. The summed E-state index contributed by atoms with van der Waals surface area (Å²) in [4.78, 5) is 11.7. The van der Waals surface area contributed by atoms with Gasteiger partial charge in [0.1, 0.15) is 11.5 Å². The van der Waals surface area contributed by atoms with Crippen LogP contribution in [0, 0.1) is 0 Å². The van der Waals surface area contributed by atoms with Gasteiger partial charge in [0.2, 0.25) is 0 Å². The number of halogens is 1. The highest BCUT2D eigenvalue weighted by atomic mass is 79.9. The van der Waals surface area contributed by atoms with Crippen LogP contribution in [0.15, 0.2) is 22.7 Å². The molecular weight excluding hydrogens is 284 g/mol. The van der Waals surface area contributed by atoms with Crippen LogP contribution < -0.4 is 4.74 Å². The van der Waals surface area contributed by atoms with E-state index in [4.69, 9.17) is 9.47 Å². The van der Waals surface area contributed by atoms with E-state index in [0.717, 1.165) is 22.2 Å². The zero-order valence-corrected chi connectivity index (χ0v) is 11.7. The number of Topliss-reactive ketones (excluding diaryl/α,β-unsaturated/α-hetero) is 1. The fraction of sp³-hybridized carbons (Fsp3) is 0.462. The summed E-state index contributed by atoms with van der Waals surface area (Å²) in [5, 5.41) is 0. The van der Waals surface area contributed by atoms with Crippen molar-refractivity contribution in [3.8, 4) is 5.75 Å². The average Bonchev–Trinajstić information content (AvgIpc) is 2.29. The molecule has 0 saturated heterocycles. The van der Waals surface area contributed by atoms with Gasteiger partial charge in [-0.3, -0.25) is 4.79 Å². The maximum atomic E-state index is 11.7. The van der Waals surface area contributed by atoms with Gasteiger partial charge in [-0.15, -0.1) is 0 Å². The lowest BCUT2D eigenvalue weighted by Gasteiger charge is -2.06. The third kappa shape index (κ3) is 4.88. The van der Waals surface area contributed by atoms with Crippen LogP contribution in [0.1, 0.15) is 18.4 Å². The van der Waals surface area contributed by atoms with Crippen molar-refractivity contribution in [1.29, 1.82) is 0 Å². The molecule has 0 spiro atoms. The summed E-state index contributed by atoms with van der Waals surface area (Å²) in [6, 6.07) is 5.70. The van der Waals surface area contributed by atoms with Crippen LogP contribution in [0.3, 0.4) is 0 Å². The normalized spacial score (nSPS) is 10.3. The van der Waals surface area contributed by atoms with Crippen molar-refractivity contribution in [3.05, 3.63) is 28.2 Å². The first-order valence-electron chi connectivity index (χ1n) is 5.50. The summed E-state index contributed by atoms with van der Waals surface area (Å²) in [6.07, 6.45) is 1.82. The quantitative estimate of drug-likeness (QED) is 0.726.